The Morgan fingerprint density at radius 1 is 1.03 bits per heavy atom. The van der Waals surface area contributed by atoms with Gasteiger partial charge in [0.25, 0.3) is 11.8 Å². The molecule has 1 aromatic heterocycles. The van der Waals surface area contributed by atoms with E-state index in [9.17, 15) is 19.5 Å². The topological polar surface area (TPSA) is 112 Å². The maximum atomic E-state index is 13.1. The van der Waals surface area contributed by atoms with Crippen LogP contribution in [0, 0.1) is 0 Å². The summed E-state index contributed by atoms with van der Waals surface area (Å²) < 4.78 is 0. The fourth-order valence-corrected chi connectivity index (χ4v) is 4.19. The molecule has 174 valence electrons. The van der Waals surface area contributed by atoms with Crippen LogP contribution in [0.1, 0.15) is 50.6 Å². The SMILES string of the molecule is CN1C(=O)c2ccccc2C(CC(=O)O)c2ccc(C(=O)NCCCNc3ccccn3)cc21. The first-order valence-corrected chi connectivity index (χ1v) is 11.1. The zero-order valence-electron chi connectivity index (χ0n) is 18.8. The van der Waals surface area contributed by atoms with Crippen molar-refractivity contribution in [1.82, 2.24) is 10.3 Å². The van der Waals surface area contributed by atoms with Crippen molar-refractivity contribution in [2.45, 2.75) is 18.8 Å². The molecule has 0 saturated carbocycles. The van der Waals surface area contributed by atoms with Crippen molar-refractivity contribution in [2.75, 3.05) is 30.4 Å². The molecule has 0 aliphatic carbocycles. The van der Waals surface area contributed by atoms with Crippen LogP contribution in [0.2, 0.25) is 0 Å². The highest BCUT2D eigenvalue weighted by molar-refractivity contribution is 6.09. The number of nitrogens with zero attached hydrogens (tertiary/aromatic N) is 2. The monoisotopic (exact) mass is 458 g/mol. The third kappa shape index (κ3) is 4.91. The summed E-state index contributed by atoms with van der Waals surface area (Å²) in [5.41, 5.74) is 2.81. The number of anilines is 2. The summed E-state index contributed by atoms with van der Waals surface area (Å²) in [5.74, 6) is -1.15. The molecule has 1 aliphatic heterocycles. The summed E-state index contributed by atoms with van der Waals surface area (Å²) in [7, 11) is 1.64. The molecule has 1 unspecified atom stereocenters. The van der Waals surface area contributed by atoms with E-state index in [1.54, 1.807) is 55.7 Å². The molecule has 0 radical (unpaired) electrons. The number of aromatic nitrogens is 1. The molecule has 2 amide bonds. The molecule has 3 N–H and O–H groups in total. The summed E-state index contributed by atoms with van der Waals surface area (Å²) in [6, 6.07) is 17.8. The number of amides is 2. The molecular formula is C26H26N4O4. The average molecular weight is 459 g/mol. The zero-order chi connectivity index (χ0) is 24.1. The zero-order valence-corrected chi connectivity index (χ0v) is 18.8. The second-order valence-electron chi connectivity index (χ2n) is 8.13. The molecule has 0 saturated heterocycles. The molecule has 2 heterocycles. The van der Waals surface area contributed by atoms with E-state index >= 15 is 0 Å². The van der Waals surface area contributed by atoms with Gasteiger partial charge in [-0.15, -0.1) is 0 Å². The Kier molecular flexibility index (Phi) is 6.87. The van der Waals surface area contributed by atoms with Crippen LogP contribution >= 0.6 is 0 Å². The fraction of sp³-hybridized carbons (Fsp3) is 0.231. The molecule has 8 nitrogen and oxygen atoms in total. The number of hydrogen-bond acceptors (Lipinski definition) is 5. The summed E-state index contributed by atoms with van der Waals surface area (Å²) >= 11 is 0. The highest BCUT2D eigenvalue weighted by Crippen LogP contribution is 2.40. The lowest BCUT2D eigenvalue weighted by molar-refractivity contribution is -0.137. The van der Waals surface area contributed by atoms with Crippen molar-refractivity contribution in [2.24, 2.45) is 0 Å². The van der Waals surface area contributed by atoms with Gasteiger partial charge < -0.3 is 20.6 Å². The van der Waals surface area contributed by atoms with Gasteiger partial charge in [-0.25, -0.2) is 4.98 Å². The van der Waals surface area contributed by atoms with Crippen LogP contribution in [-0.4, -0.2) is 48.0 Å². The smallest absolute Gasteiger partial charge is 0.304 e. The lowest BCUT2D eigenvalue weighted by atomic mass is 9.85. The van der Waals surface area contributed by atoms with Crippen LogP contribution in [0.4, 0.5) is 11.5 Å². The molecule has 0 spiro atoms. The van der Waals surface area contributed by atoms with Crippen molar-refractivity contribution in [3.05, 3.63) is 89.1 Å². The molecule has 0 fully saturated rings. The van der Waals surface area contributed by atoms with E-state index in [0.29, 0.717) is 47.5 Å². The van der Waals surface area contributed by atoms with E-state index in [1.807, 2.05) is 18.2 Å². The second kappa shape index (κ2) is 10.2. The van der Waals surface area contributed by atoms with Crippen molar-refractivity contribution < 1.29 is 19.5 Å². The number of rotatable bonds is 8. The van der Waals surface area contributed by atoms with E-state index in [2.05, 4.69) is 15.6 Å². The van der Waals surface area contributed by atoms with E-state index in [0.717, 1.165) is 5.82 Å². The fourth-order valence-electron chi connectivity index (χ4n) is 4.19. The molecule has 3 aromatic rings. The molecule has 8 heteroatoms. The van der Waals surface area contributed by atoms with E-state index in [1.165, 1.54) is 4.90 Å². The van der Waals surface area contributed by atoms with E-state index < -0.39 is 11.9 Å². The van der Waals surface area contributed by atoms with Crippen molar-refractivity contribution >= 4 is 29.3 Å². The van der Waals surface area contributed by atoms with Crippen LogP contribution in [0.5, 0.6) is 0 Å². The number of carbonyl (C=O) groups excluding carboxylic acids is 2. The van der Waals surface area contributed by atoms with Crippen LogP contribution in [0.15, 0.2) is 66.9 Å². The van der Waals surface area contributed by atoms with E-state index in [-0.39, 0.29) is 18.2 Å². The number of pyridine rings is 1. The summed E-state index contributed by atoms with van der Waals surface area (Å²) in [4.78, 5) is 43.2. The number of carboxylic acids is 1. The largest absolute Gasteiger partial charge is 0.481 e. The Balaban J connectivity index is 1.50. The first kappa shape index (κ1) is 23.0. The molecule has 1 aliphatic rings. The molecule has 34 heavy (non-hydrogen) atoms. The minimum Gasteiger partial charge on any atom is -0.481 e. The quantitative estimate of drug-likeness (QED) is 0.446. The lowest BCUT2D eigenvalue weighted by Gasteiger charge is -2.21. The number of carbonyl (C=O) groups is 3. The minimum atomic E-state index is -0.955. The molecule has 0 bridgehead atoms. The molecule has 2 aromatic carbocycles. The number of benzene rings is 2. The van der Waals surface area contributed by atoms with Gasteiger partial charge in [-0.2, -0.15) is 0 Å². The van der Waals surface area contributed by atoms with Crippen LogP contribution in [0.3, 0.4) is 0 Å². The summed E-state index contributed by atoms with van der Waals surface area (Å²) in [6.45, 7) is 1.13. The predicted molar refractivity (Wildman–Crippen MR) is 129 cm³/mol. The highest BCUT2D eigenvalue weighted by Gasteiger charge is 2.32. The number of carboxylic acid groups (broad SMARTS) is 1. The van der Waals surface area contributed by atoms with Crippen molar-refractivity contribution in [3.63, 3.8) is 0 Å². The Bertz CT molecular complexity index is 1210. The number of fused-ring (bicyclic) bond motifs is 2. The summed E-state index contributed by atoms with van der Waals surface area (Å²) in [6.07, 6.45) is 2.27. The first-order chi connectivity index (χ1) is 16.5. The maximum Gasteiger partial charge on any atom is 0.304 e. The number of nitrogens with one attached hydrogen (secondary N) is 2. The van der Waals surface area contributed by atoms with Gasteiger partial charge in [-0.1, -0.05) is 30.3 Å². The Morgan fingerprint density at radius 3 is 2.59 bits per heavy atom. The van der Waals surface area contributed by atoms with Gasteiger partial charge in [-0.3, -0.25) is 14.4 Å². The highest BCUT2D eigenvalue weighted by atomic mass is 16.4. The van der Waals surface area contributed by atoms with Gasteiger partial charge in [0.05, 0.1) is 6.42 Å². The Hall–Kier alpha value is -4.20. The summed E-state index contributed by atoms with van der Waals surface area (Å²) in [5, 5.41) is 15.6. The van der Waals surface area contributed by atoms with Crippen molar-refractivity contribution in [1.29, 1.82) is 0 Å². The minimum absolute atomic E-state index is 0.153. The predicted octanol–water partition coefficient (Wildman–Crippen LogP) is 3.51. The molecular weight excluding hydrogens is 432 g/mol. The van der Waals surface area contributed by atoms with Gasteiger partial charge in [0, 0.05) is 49.1 Å². The molecule has 1 atom stereocenters. The van der Waals surface area contributed by atoms with E-state index in [4.69, 9.17) is 0 Å². The van der Waals surface area contributed by atoms with Crippen molar-refractivity contribution in [3.8, 4) is 0 Å². The van der Waals surface area contributed by atoms with Crippen LogP contribution < -0.4 is 15.5 Å². The maximum absolute atomic E-state index is 13.1. The van der Waals surface area contributed by atoms with Gasteiger partial charge in [0.1, 0.15) is 5.82 Å². The van der Waals surface area contributed by atoms with Gasteiger partial charge in [0.15, 0.2) is 0 Å². The number of hydrogen-bond donors (Lipinski definition) is 3. The molecule has 4 rings (SSSR count). The van der Waals surface area contributed by atoms with Crippen LogP contribution in [0.25, 0.3) is 0 Å². The average Bonchev–Trinajstić information content (AvgIpc) is 2.93. The Labute approximate surface area is 197 Å². The third-order valence-electron chi connectivity index (χ3n) is 5.89. The second-order valence-corrected chi connectivity index (χ2v) is 8.13. The van der Waals surface area contributed by atoms with Crippen LogP contribution in [-0.2, 0) is 4.79 Å². The van der Waals surface area contributed by atoms with Gasteiger partial charge in [-0.05, 0) is 47.9 Å². The number of aliphatic carboxylic acids is 1. The Morgan fingerprint density at radius 2 is 1.82 bits per heavy atom. The first-order valence-electron chi connectivity index (χ1n) is 11.1. The normalized spacial score (nSPS) is 14.6. The van der Waals surface area contributed by atoms with Gasteiger partial charge in [0.2, 0.25) is 0 Å². The third-order valence-corrected chi connectivity index (χ3v) is 5.89. The lowest BCUT2D eigenvalue weighted by Crippen LogP contribution is -2.28. The van der Waals surface area contributed by atoms with Gasteiger partial charge >= 0.3 is 5.97 Å². The standard InChI is InChI=1S/C26H26N4O4/c1-30-22-15-17(25(33)29-14-6-13-28-23-9-4-5-12-27-23)10-11-19(22)21(16-24(31)32)18-7-2-3-8-20(18)26(30)34/h2-5,7-12,15,21H,6,13-14,16H2,1H3,(H,27,28)(H,29,33)(H,31,32).